The van der Waals surface area contributed by atoms with E-state index in [1.165, 1.54) is 0 Å². The Morgan fingerprint density at radius 1 is 1.30 bits per heavy atom. The van der Waals surface area contributed by atoms with Crippen molar-refractivity contribution in [2.24, 2.45) is 5.92 Å². The fraction of sp³-hybridized carbons (Fsp3) is 0.444. The number of ether oxygens (including phenoxy) is 2. The van der Waals surface area contributed by atoms with E-state index in [9.17, 15) is 9.59 Å². The van der Waals surface area contributed by atoms with Crippen LogP contribution in [0.3, 0.4) is 0 Å². The highest BCUT2D eigenvalue weighted by molar-refractivity contribution is 5.95. The molecule has 0 saturated carbocycles. The second-order valence-corrected chi connectivity index (χ2v) is 5.72. The molecule has 0 fully saturated rings. The van der Waals surface area contributed by atoms with E-state index in [0.717, 1.165) is 5.56 Å². The molecule has 0 spiro atoms. The van der Waals surface area contributed by atoms with Gasteiger partial charge in [-0.15, -0.1) is 6.58 Å². The lowest BCUT2D eigenvalue weighted by Crippen LogP contribution is -2.39. The van der Waals surface area contributed by atoms with Crippen molar-refractivity contribution in [3.05, 3.63) is 42.5 Å². The second-order valence-electron chi connectivity index (χ2n) is 5.72. The Hall–Kier alpha value is -2.14. The van der Waals surface area contributed by atoms with Crippen molar-refractivity contribution < 1.29 is 19.1 Å². The van der Waals surface area contributed by atoms with Crippen LogP contribution in [0.1, 0.15) is 26.3 Å². The molecular weight excluding hydrogens is 294 g/mol. The first kappa shape index (κ1) is 18.9. The zero-order chi connectivity index (χ0) is 17.4. The molecule has 1 aromatic rings. The number of amides is 1. The largest absolute Gasteiger partial charge is 0.450 e. The standard InChI is InChI=1S/C18H25NO4/c1-6-10-22-14(5)18(21)23-16(12(2)3)17(20)19-15-9-7-8-13(4)11-15/h6-9,11-12,14,16H,1,10H2,2-5H3,(H,19,20). The number of rotatable bonds is 8. The molecule has 0 aromatic heterocycles. The molecule has 0 radical (unpaired) electrons. The molecule has 1 N–H and O–H groups in total. The fourth-order valence-electron chi connectivity index (χ4n) is 1.93. The van der Waals surface area contributed by atoms with Crippen LogP contribution in [0.4, 0.5) is 5.69 Å². The predicted octanol–water partition coefficient (Wildman–Crippen LogP) is 3.09. The number of carbonyl (C=O) groups is 2. The molecule has 0 bridgehead atoms. The van der Waals surface area contributed by atoms with E-state index in [1.54, 1.807) is 19.1 Å². The van der Waals surface area contributed by atoms with Crippen molar-refractivity contribution >= 4 is 17.6 Å². The monoisotopic (exact) mass is 319 g/mol. The lowest BCUT2D eigenvalue weighted by Gasteiger charge is -2.22. The molecule has 23 heavy (non-hydrogen) atoms. The first-order valence-corrected chi connectivity index (χ1v) is 7.65. The van der Waals surface area contributed by atoms with Gasteiger partial charge >= 0.3 is 5.97 Å². The molecular formula is C18H25NO4. The number of hydrogen-bond donors (Lipinski definition) is 1. The van der Waals surface area contributed by atoms with Crippen LogP contribution in [0.25, 0.3) is 0 Å². The summed E-state index contributed by atoms with van der Waals surface area (Å²) in [6.07, 6.45) is -0.0763. The van der Waals surface area contributed by atoms with Crippen LogP contribution in [0.15, 0.2) is 36.9 Å². The van der Waals surface area contributed by atoms with E-state index >= 15 is 0 Å². The van der Waals surface area contributed by atoms with Crippen molar-refractivity contribution in [1.82, 2.24) is 0 Å². The predicted molar refractivity (Wildman–Crippen MR) is 90.1 cm³/mol. The number of aryl methyl sites for hydroxylation is 1. The van der Waals surface area contributed by atoms with E-state index in [-0.39, 0.29) is 18.4 Å². The molecule has 2 atom stereocenters. The highest BCUT2D eigenvalue weighted by Gasteiger charge is 2.28. The summed E-state index contributed by atoms with van der Waals surface area (Å²) in [4.78, 5) is 24.4. The third-order valence-corrected chi connectivity index (χ3v) is 3.19. The van der Waals surface area contributed by atoms with Crippen LogP contribution in [-0.4, -0.2) is 30.7 Å². The maximum absolute atomic E-state index is 12.4. The lowest BCUT2D eigenvalue weighted by molar-refractivity contribution is -0.166. The molecule has 126 valence electrons. The Kier molecular flexibility index (Phi) is 7.48. The summed E-state index contributed by atoms with van der Waals surface area (Å²) in [5.41, 5.74) is 1.71. The van der Waals surface area contributed by atoms with Gasteiger partial charge in [0.1, 0.15) is 0 Å². The third-order valence-electron chi connectivity index (χ3n) is 3.19. The van der Waals surface area contributed by atoms with Gasteiger partial charge in [-0.2, -0.15) is 0 Å². The zero-order valence-corrected chi connectivity index (χ0v) is 14.2. The Morgan fingerprint density at radius 3 is 2.57 bits per heavy atom. The minimum atomic E-state index is -0.877. The van der Waals surface area contributed by atoms with Crippen molar-refractivity contribution in [2.75, 3.05) is 11.9 Å². The number of carbonyl (C=O) groups excluding carboxylic acids is 2. The highest BCUT2D eigenvalue weighted by atomic mass is 16.6. The van der Waals surface area contributed by atoms with E-state index in [2.05, 4.69) is 11.9 Å². The van der Waals surface area contributed by atoms with Gasteiger partial charge in [0.15, 0.2) is 12.2 Å². The average molecular weight is 319 g/mol. The van der Waals surface area contributed by atoms with Crippen LogP contribution in [0.2, 0.25) is 0 Å². The van der Waals surface area contributed by atoms with Crippen molar-refractivity contribution in [1.29, 1.82) is 0 Å². The molecule has 0 aliphatic heterocycles. The zero-order valence-electron chi connectivity index (χ0n) is 14.2. The van der Waals surface area contributed by atoms with Gasteiger partial charge in [0.25, 0.3) is 5.91 Å². The molecule has 0 heterocycles. The van der Waals surface area contributed by atoms with Crippen molar-refractivity contribution in [3.63, 3.8) is 0 Å². The number of hydrogen-bond acceptors (Lipinski definition) is 4. The Labute approximate surface area is 137 Å². The van der Waals surface area contributed by atoms with E-state index < -0.39 is 18.2 Å². The van der Waals surface area contributed by atoms with E-state index in [1.807, 2.05) is 39.0 Å². The summed E-state index contributed by atoms with van der Waals surface area (Å²) in [6, 6.07) is 7.44. The molecule has 0 aliphatic carbocycles. The highest BCUT2D eigenvalue weighted by Crippen LogP contribution is 2.14. The average Bonchev–Trinajstić information content (AvgIpc) is 2.49. The minimum Gasteiger partial charge on any atom is -0.450 e. The van der Waals surface area contributed by atoms with Crippen LogP contribution >= 0.6 is 0 Å². The molecule has 1 aromatic carbocycles. The smallest absolute Gasteiger partial charge is 0.335 e. The summed E-state index contributed by atoms with van der Waals surface area (Å²) in [5, 5.41) is 2.78. The van der Waals surface area contributed by atoms with Gasteiger partial charge in [-0.1, -0.05) is 32.1 Å². The van der Waals surface area contributed by atoms with Crippen LogP contribution < -0.4 is 5.32 Å². The molecule has 5 nitrogen and oxygen atoms in total. The molecule has 1 rings (SSSR count). The molecule has 2 unspecified atom stereocenters. The SMILES string of the molecule is C=CCOC(C)C(=O)OC(C(=O)Nc1cccc(C)c1)C(C)C. The normalized spacial score (nSPS) is 13.3. The van der Waals surface area contributed by atoms with Crippen LogP contribution in [-0.2, 0) is 19.1 Å². The number of anilines is 1. The maximum Gasteiger partial charge on any atom is 0.335 e. The minimum absolute atomic E-state index is 0.157. The summed E-state index contributed by atoms with van der Waals surface area (Å²) in [5.74, 6) is -1.07. The number of nitrogens with one attached hydrogen (secondary N) is 1. The molecule has 1 amide bonds. The van der Waals surface area contributed by atoms with Crippen LogP contribution in [0.5, 0.6) is 0 Å². The molecule has 0 saturated heterocycles. The Balaban J connectivity index is 2.71. The van der Waals surface area contributed by atoms with Crippen molar-refractivity contribution in [3.8, 4) is 0 Å². The topological polar surface area (TPSA) is 64.6 Å². The first-order chi connectivity index (χ1) is 10.8. The van der Waals surface area contributed by atoms with Gasteiger partial charge in [0, 0.05) is 5.69 Å². The summed E-state index contributed by atoms with van der Waals surface area (Å²) in [6.45, 7) is 10.9. The second kappa shape index (κ2) is 9.10. The molecule has 5 heteroatoms. The summed E-state index contributed by atoms with van der Waals surface area (Å²) < 4.78 is 10.5. The van der Waals surface area contributed by atoms with E-state index in [4.69, 9.17) is 9.47 Å². The quantitative estimate of drug-likeness (QED) is 0.591. The van der Waals surface area contributed by atoms with Gasteiger partial charge in [0.2, 0.25) is 0 Å². The Morgan fingerprint density at radius 2 is 2.00 bits per heavy atom. The van der Waals surface area contributed by atoms with Gasteiger partial charge in [-0.3, -0.25) is 4.79 Å². The van der Waals surface area contributed by atoms with E-state index in [0.29, 0.717) is 5.69 Å². The summed E-state index contributed by atoms with van der Waals surface area (Å²) in [7, 11) is 0. The molecule has 0 aliphatic rings. The Bertz CT molecular complexity index is 554. The fourth-order valence-corrected chi connectivity index (χ4v) is 1.93. The number of esters is 1. The summed E-state index contributed by atoms with van der Waals surface area (Å²) >= 11 is 0. The van der Waals surface area contributed by atoms with Crippen molar-refractivity contribution in [2.45, 2.75) is 39.9 Å². The maximum atomic E-state index is 12.4. The van der Waals surface area contributed by atoms with Crippen LogP contribution in [0, 0.1) is 12.8 Å². The van der Waals surface area contributed by atoms with Gasteiger partial charge in [-0.25, -0.2) is 4.79 Å². The lowest BCUT2D eigenvalue weighted by atomic mass is 10.1. The first-order valence-electron chi connectivity index (χ1n) is 7.65. The third kappa shape index (κ3) is 6.24. The van der Waals surface area contributed by atoms with Gasteiger partial charge in [-0.05, 0) is 37.5 Å². The van der Waals surface area contributed by atoms with Gasteiger partial charge in [0.05, 0.1) is 6.61 Å². The number of benzene rings is 1. The van der Waals surface area contributed by atoms with Gasteiger partial charge < -0.3 is 14.8 Å².